The number of phenols is 1. The van der Waals surface area contributed by atoms with Crippen LogP contribution in [0.15, 0.2) is 22.7 Å². The van der Waals surface area contributed by atoms with Crippen LogP contribution in [0.4, 0.5) is 5.00 Å². The number of hydrogen-bond donors (Lipinski definition) is 3. The average molecular weight is 393 g/mol. The Morgan fingerprint density at radius 1 is 1.35 bits per heavy atom. The number of nitrogens with one attached hydrogen (secondary N) is 2. The molecular formula is C17H17BrN2O2S. The number of aromatic hydroxyl groups is 1. The van der Waals surface area contributed by atoms with Crippen molar-refractivity contribution >= 4 is 38.2 Å². The zero-order valence-corrected chi connectivity index (χ0v) is 15.1. The predicted octanol–water partition coefficient (Wildman–Crippen LogP) is 4.20. The number of amides is 1. The van der Waals surface area contributed by atoms with E-state index in [1.807, 2.05) is 6.07 Å². The Kier molecular flexibility index (Phi) is 3.61. The van der Waals surface area contributed by atoms with Crippen molar-refractivity contribution in [1.29, 1.82) is 0 Å². The zero-order chi connectivity index (χ0) is 16.1. The van der Waals surface area contributed by atoms with Crippen molar-refractivity contribution in [3.8, 4) is 5.75 Å². The lowest BCUT2D eigenvalue weighted by molar-refractivity contribution is 0.0935. The van der Waals surface area contributed by atoms with Crippen LogP contribution in [0, 0.1) is 5.92 Å². The van der Waals surface area contributed by atoms with Gasteiger partial charge in [0.2, 0.25) is 0 Å². The molecule has 0 spiro atoms. The van der Waals surface area contributed by atoms with Gasteiger partial charge in [-0.15, -0.1) is 11.3 Å². The number of halogens is 1. The normalized spacial score (nSPS) is 22.8. The van der Waals surface area contributed by atoms with E-state index >= 15 is 0 Å². The first kappa shape index (κ1) is 15.0. The second-order valence-corrected chi connectivity index (χ2v) is 8.33. The molecule has 2 atom stereocenters. The second-order valence-electron chi connectivity index (χ2n) is 6.31. The van der Waals surface area contributed by atoms with Crippen LogP contribution in [-0.2, 0) is 12.8 Å². The predicted molar refractivity (Wildman–Crippen MR) is 95.1 cm³/mol. The number of benzene rings is 1. The molecule has 1 aliphatic carbocycles. The molecule has 1 aromatic carbocycles. The van der Waals surface area contributed by atoms with Crippen molar-refractivity contribution in [2.75, 3.05) is 5.32 Å². The summed E-state index contributed by atoms with van der Waals surface area (Å²) in [6.07, 6.45) is 2.75. The van der Waals surface area contributed by atoms with E-state index in [2.05, 4.69) is 33.5 Å². The molecule has 2 heterocycles. The van der Waals surface area contributed by atoms with Crippen molar-refractivity contribution in [2.24, 2.45) is 5.92 Å². The fourth-order valence-electron chi connectivity index (χ4n) is 3.38. The van der Waals surface area contributed by atoms with E-state index in [0.29, 0.717) is 11.5 Å². The lowest BCUT2D eigenvalue weighted by Gasteiger charge is -2.27. The van der Waals surface area contributed by atoms with Crippen LogP contribution in [0.1, 0.15) is 45.9 Å². The Balaban J connectivity index is 1.73. The number of phenolic OH excluding ortho intramolecular Hbond substituents is 1. The maximum atomic E-state index is 12.6. The smallest absolute Gasteiger partial charge is 0.256 e. The molecule has 2 aliphatic rings. The number of hydrogen-bond acceptors (Lipinski definition) is 4. The first-order valence-corrected chi connectivity index (χ1v) is 9.34. The van der Waals surface area contributed by atoms with Crippen molar-refractivity contribution in [1.82, 2.24) is 5.32 Å². The summed E-state index contributed by atoms with van der Waals surface area (Å²) < 4.78 is 0.867. The highest BCUT2D eigenvalue weighted by molar-refractivity contribution is 9.10. The number of carbonyl (C=O) groups is 1. The molecule has 120 valence electrons. The van der Waals surface area contributed by atoms with E-state index < -0.39 is 6.17 Å². The zero-order valence-electron chi connectivity index (χ0n) is 12.6. The standard InChI is InChI=1S/C17H17BrN2O2S/c1-8-2-4-10-13(6-8)23-17-14(10)16(22)19-15(20-17)11-7-9(18)3-5-12(11)21/h3,5,7-8,15,20-21H,2,4,6H2,1H3,(H,19,22)/t8-,15-/m0/s1. The van der Waals surface area contributed by atoms with Crippen molar-refractivity contribution < 1.29 is 9.90 Å². The van der Waals surface area contributed by atoms with Gasteiger partial charge >= 0.3 is 0 Å². The third-order valence-electron chi connectivity index (χ3n) is 4.59. The minimum atomic E-state index is -0.412. The van der Waals surface area contributed by atoms with Gasteiger partial charge < -0.3 is 15.7 Å². The molecule has 4 rings (SSSR count). The van der Waals surface area contributed by atoms with Crippen LogP contribution in [0.3, 0.4) is 0 Å². The highest BCUT2D eigenvalue weighted by atomic mass is 79.9. The summed E-state index contributed by atoms with van der Waals surface area (Å²) >= 11 is 5.10. The van der Waals surface area contributed by atoms with Gasteiger partial charge in [0.25, 0.3) is 5.91 Å². The van der Waals surface area contributed by atoms with Gasteiger partial charge in [0.15, 0.2) is 0 Å². The molecule has 0 radical (unpaired) electrons. The molecule has 0 bridgehead atoms. The first-order chi connectivity index (χ1) is 11.0. The van der Waals surface area contributed by atoms with Gasteiger partial charge in [0, 0.05) is 14.9 Å². The quantitative estimate of drug-likeness (QED) is 0.681. The van der Waals surface area contributed by atoms with Gasteiger partial charge in [0.05, 0.1) is 5.56 Å². The Bertz CT molecular complexity index is 802. The van der Waals surface area contributed by atoms with Gasteiger partial charge in [-0.3, -0.25) is 4.79 Å². The number of carbonyl (C=O) groups excluding carboxylic acids is 1. The lowest BCUT2D eigenvalue weighted by atomic mass is 9.88. The maximum Gasteiger partial charge on any atom is 0.256 e. The monoisotopic (exact) mass is 392 g/mol. The van der Waals surface area contributed by atoms with Crippen LogP contribution in [0.5, 0.6) is 5.75 Å². The second kappa shape index (κ2) is 5.53. The molecule has 3 N–H and O–H groups in total. The summed E-state index contributed by atoms with van der Waals surface area (Å²) in [6, 6.07) is 5.23. The lowest BCUT2D eigenvalue weighted by Crippen LogP contribution is -2.38. The van der Waals surface area contributed by atoms with Crippen LogP contribution in [0.2, 0.25) is 0 Å². The Hall–Kier alpha value is -1.53. The van der Waals surface area contributed by atoms with Crippen molar-refractivity contribution in [3.63, 3.8) is 0 Å². The summed E-state index contributed by atoms with van der Waals surface area (Å²) in [5, 5.41) is 17.4. The molecule has 23 heavy (non-hydrogen) atoms. The van der Waals surface area contributed by atoms with Crippen LogP contribution >= 0.6 is 27.3 Å². The minimum Gasteiger partial charge on any atom is -0.508 e. The highest BCUT2D eigenvalue weighted by Crippen LogP contribution is 2.43. The Morgan fingerprint density at radius 2 is 2.17 bits per heavy atom. The third-order valence-corrected chi connectivity index (χ3v) is 6.27. The third kappa shape index (κ3) is 2.54. The molecule has 0 saturated heterocycles. The largest absolute Gasteiger partial charge is 0.508 e. The van der Waals surface area contributed by atoms with Crippen molar-refractivity contribution in [3.05, 3.63) is 44.2 Å². The number of anilines is 1. The molecule has 0 saturated carbocycles. The Labute approximate surface area is 147 Å². The summed E-state index contributed by atoms with van der Waals surface area (Å²) in [7, 11) is 0. The van der Waals surface area contributed by atoms with E-state index in [1.165, 1.54) is 10.4 Å². The van der Waals surface area contributed by atoms with Crippen LogP contribution in [-0.4, -0.2) is 11.0 Å². The maximum absolute atomic E-state index is 12.6. The van der Waals surface area contributed by atoms with E-state index in [1.54, 1.807) is 23.5 Å². The van der Waals surface area contributed by atoms with E-state index in [9.17, 15) is 9.90 Å². The SMILES string of the molecule is C[C@H]1CCc2c(sc3c2C(=O)N[C@H](c2cc(Br)ccc2O)N3)C1. The number of thiophene rings is 1. The van der Waals surface area contributed by atoms with E-state index in [4.69, 9.17) is 0 Å². The van der Waals surface area contributed by atoms with E-state index in [0.717, 1.165) is 34.3 Å². The van der Waals surface area contributed by atoms with Crippen LogP contribution in [0.25, 0.3) is 0 Å². The van der Waals surface area contributed by atoms with Gasteiger partial charge in [-0.05, 0) is 48.9 Å². The molecule has 1 amide bonds. The molecule has 0 fully saturated rings. The fraction of sp³-hybridized carbons (Fsp3) is 0.353. The number of rotatable bonds is 1. The molecule has 4 nitrogen and oxygen atoms in total. The average Bonchev–Trinajstić information content (AvgIpc) is 2.87. The molecule has 1 aliphatic heterocycles. The summed E-state index contributed by atoms with van der Waals surface area (Å²) in [5.74, 6) is 0.801. The van der Waals surface area contributed by atoms with E-state index in [-0.39, 0.29) is 11.7 Å². The van der Waals surface area contributed by atoms with Crippen LogP contribution < -0.4 is 10.6 Å². The number of fused-ring (bicyclic) bond motifs is 3. The molecular weight excluding hydrogens is 376 g/mol. The van der Waals surface area contributed by atoms with Gasteiger partial charge in [-0.1, -0.05) is 22.9 Å². The summed E-state index contributed by atoms with van der Waals surface area (Å²) in [4.78, 5) is 14.0. The highest BCUT2D eigenvalue weighted by Gasteiger charge is 2.33. The fourth-order valence-corrected chi connectivity index (χ4v) is 5.19. The minimum absolute atomic E-state index is 0.0461. The molecule has 1 aromatic heterocycles. The topological polar surface area (TPSA) is 61.4 Å². The Morgan fingerprint density at radius 3 is 3.00 bits per heavy atom. The molecule has 0 unspecified atom stereocenters. The van der Waals surface area contributed by atoms with Gasteiger partial charge in [0.1, 0.15) is 16.9 Å². The van der Waals surface area contributed by atoms with Gasteiger partial charge in [-0.2, -0.15) is 0 Å². The summed E-state index contributed by atoms with van der Waals surface area (Å²) in [5.41, 5.74) is 2.69. The molecule has 2 aromatic rings. The molecule has 6 heteroatoms. The van der Waals surface area contributed by atoms with Gasteiger partial charge in [-0.25, -0.2) is 0 Å². The first-order valence-electron chi connectivity index (χ1n) is 7.73. The van der Waals surface area contributed by atoms with Crippen molar-refractivity contribution in [2.45, 2.75) is 32.4 Å². The summed E-state index contributed by atoms with van der Waals surface area (Å²) in [6.45, 7) is 2.26.